The van der Waals surface area contributed by atoms with Gasteiger partial charge in [0.05, 0.1) is 0 Å². The first-order chi connectivity index (χ1) is 7.09. The smallest absolute Gasteiger partial charge is 0.401 e. The SMILES string of the molecule is O=C(O)Cl.O=c1ccc2ccccc2o1. The van der Waals surface area contributed by atoms with Crippen LogP contribution in [0.15, 0.2) is 45.6 Å². The Morgan fingerprint density at radius 2 is 1.80 bits per heavy atom. The third kappa shape index (κ3) is 3.83. The number of halogens is 1. The van der Waals surface area contributed by atoms with E-state index in [0.717, 1.165) is 5.39 Å². The lowest BCUT2D eigenvalue weighted by Crippen LogP contribution is -1.93. The van der Waals surface area contributed by atoms with Crippen molar-refractivity contribution in [1.29, 1.82) is 0 Å². The average Bonchev–Trinajstić information content (AvgIpc) is 2.16. The van der Waals surface area contributed by atoms with Gasteiger partial charge in [0.15, 0.2) is 0 Å². The molecule has 1 aromatic heterocycles. The fourth-order valence-electron chi connectivity index (χ4n) is 1.01. The monoisotopic (exact) mass is 226 g/mol. The van der Waals surface area contributed by atoms with E-state index in [-0.39, 0.29) is 5.63 Å². The van der Waals surface area contributed by atoms with Crippen molar-refractivity contribution in [3.8, 4) is 0 Å². The summed E-state index contributed by atoms with van der Waals surface area (Å²) in [6.07, 6.45) is 0. The van der Waals surface area contributed by atoms with Crippen molar-refractivity contribution in [1.82, 2.24) is 0 Å². The molecule has 1 aromatic carbocycles. The molecule has 0 aliphatic heterocycles. The van der Waals surface area contributed by atoms with Crippen LogP contribution in [0.5, 0.6) is 0 Å². The minimum Gasteiger partial charge on any atom is -0.469 e. The first kappa shape index (κ1) is 11.3. The van der Waals surface area contributed by atoms with Gasteiger partial charge in [0.1, 0.15) is 5.58 Å². The van der Waals surface area contributed by atoms with Crippen molar-refractivity contribution in [2.24, 2.45) is 0 Å². The zero-order valence-electron chi connectivity index (χ0n) is 7.51. The first-order valence-corrected chi connectivity index (χ1v) is 4.35. The van der Waals surface area contributed by atoms with Gasteiger partial charge in [-0.2, -0.15) is 0 Å². The Hall–Kier alpha value is -1.81. The molecular weight excluding hydrogens is 220 g/mol. The summed E-state index contributed by atoms with van der Waals surface area (Å²) in [4.78, 5) is 19.5. The van der Waals surface area contributed by atoms with E-state index in [0.29, 0.717) is 5.58 Å². The number of hydrogen-bond donors (Lipinski definition) is 1. The highest BCUT2D eigenvalue weighted by Crippen LogP contribution is 2.08. The van der Waals surface area contributed by atoms with E-state index >= 15 is 0 Å². The minimum absolute atomic E-state index is 0.302. The molecule has 0 aliphatic carbocycles. The van der Waals surface area contributed by atoms with Crippen LogP contribution in [0, 0.1) is 0 Å². The molecule has 0 aliphatic rings. The average molecular weight is 227 g/mol. The molecule has 0 amide bonds. The number of benzene rings is 1. The van der Waals surface area contributed by atoms with E-state index in [4.69, 9.17) is 14.3 Å². The maximum Gasteiger partial charge on any atom is 0.401 e. The molecule has 0 unspecified atom stereocenters. The number of fused-ring (bicyclic) bond motifs is 1. The van der Waals surface area contributed by atoms with Crippen LogP contribution in [0.3, 0.4) is 0 Å². The molecule has 2 rings (SSSR count). The molecule has 0 bridgehead atoms. The molecule has 0 fully saturated rings. The Balaban J connectivity index is 0.000000245. The summed E-state index contributed by atoms with van der Waals surface area (Å²) < 4.78 is 4.91. The van der Waals surface area contributed by atoms with Crippen LogP contribution in [0.4, 0.5) is 4.79 Å². The van der Waals surface area contributed by atoms with Crippen molar-refractivity contribution >= 4 is 28.0 Å². The van der Waals surface area contributed by atoms with E-state index in [9.17, 15) is 4.79 Å². The number of para-hydroxylation sites is 1. The molecule has 0 saturated heterocycles. The largest absolute Gasteiger partial charge is 0.469 e. The summed E-state index contributed by atoms with van der Waals surface area (Å²) in [6, 6.07) is 10.6. The number of hydrogen-bond acceptors (Lipinski definition) is 3. The van der Waals surface area contributed by atoms with Crippen LogP contribution in [-0.2, 0) is 0 Å². The number of carbonyl (C=O) groups is 1. The highest BCUT2D eigenvalue weighted by atomic mass is 35.5. The van der Waals surface area contributed by atoms with Gasteiger partial charge >= 0.3 is 11.1 Å². The topological polar surface area (TPSA) is 67.5 Å². The standard InChI is InChI=1S/C9H6O2.CHClO2/c10-9-6-5-7-3-1-2-4-8(7)11-9;2-1(3)4/h1-6H;(H,3,4). The van der Waals surface area contributed by atoms with Gasteiger partial charge in [-0.3, -0.25) is 0 Å². The van der Waals surface area contributed by atoms with Crippen LogP contribution in [0.25, 0.3) is 11.0 Å². The highest BCUT2D eigenvalue weighted by molar-refractivity contribution is 6.60. The molecule has 78 valence electrons. The van der Waals surface area contributed by atoms with Crippen molar-refractivity contribution < 1.29 is 14.3 Å². The minimum atomic E-state index is -1.36. The third-order valence-corrected chi connectivity index (χ3v) is 1.53. The molecule has 0 atom stereocenters. The van der Waals surface area contributed by atoms with E-state index in [1.54, 1.807) is 12.1 Å². The second kappa shape index (κ2) is 5.17. The molecule has 0 radical (unpaired) electrons. The van der Waals surface area contributed by atoms with Crippen LogP contribution < -0.4 is 5.63 Å². The van der Waals surface area contributed by atoms with Gasteiger partial charge in [-0.1, -0.05) is 18.2 Å². The van der Waals surface area contributed by atoms with Crippen molar-refractivity contribution in [3.63, 3.8) is 0 Å². The summed E-state index contributed by atoms with van der Waals surface area (Å²) >= 11 is 4.19. The molecule has 4 nitrogen and oxygen atoms in total. The lowest BCUT2D eigenvalue weighted by Gasteiger charge is -1.91. The number of rotatable bonds is 0. The van der Waals surface area contributed by atoms with Crippen LogP contribution >= 0.6 is 11.6 Å². The summed E-state index contributed by atoms with van der Waals surface area (Å²) in [6.45, 7) is 0. The van der Waals surface area contributed by atoms with E-state index < -0.39 is 5.43 Å². The van der Waals surface area contributed by atoms with Crippen molar-refractivity contribution in [2.75, 3.05) is 0 Å². The Morgan fingerprint density at radius 1 is 1.20 bits per heavy atom. The van der Waals surface area contributed by atoms with Gasteiger partial charge in [-0.15, -0.1) is 0 Å². The van der Waals surface area contributed by atoms with Gasteiger partial charge in [0.2, 0.25) is 0 Å². The van der Waals surface area contributed by atoms with Gasteiger partial charge in [0.25, 0.3) is 0 Å². The first-order valence-electron chi connectivity index (χ1n) is 3.97. The summed E-state index contributed by atoms with van der Waals surface area (Å²) in [5, 5.41) is 8.13. The molecule has 5 heteroatoms. The quantitative estimate of drug-likeness (QED) is 0.554. The van der Waals surface area contributed by atoms with Gasteiger partial charge in [-0.05, 0) is 12.1 Å². The Morgan fingerprint density at radius 3 is 2.47 bits per heavy atom. The Labute approximate surface area is 89.7 Å². The molecule has 2 aromatic rings. The zero-order valence-corrected chi connectivity index (χ0v) is 8.27. The summed E-state index contributed by atoms with van der Waals surface area (Å²) in [7, 11) is 0. The Bertz CT molecular complexity index is 514. The number of carboxylic acid groups (broad SMARTS) is 1. The van der Waals surface area contributed by atoms with Crippen LogP contribution in [-0.4, -0.2) is 10.5 Å². The van der Waals surface area contributed by atoms with Crippen molar-refractivity contribution in [3.05, 3.63) is 46.8 Å². The molecule has 1 heterocycles. The molecule has 15 heavy (non-hydrogen) atoms. The molecule has 0 spiro atoms. The fraction of sp³-hybridized carbons (Fsp3) is 0. The molecular formula is C10H7ClO4. The zero-order chi connectivity index (χ0) is 11.3. The maximum absolute atomic E-state index is 10.7. The maximum atomic E-state index is 10.7. The van der Waals surface area contributed by atoms with E-state index in [2.05, 4.69) is 11.6 Å². The normalized spacial score (nSPS) is 9.13. The Kier molecular flexibility index (Phi) is 3.88. The predicted molar refractivity (Wildman–Crippen MR) is 56.4 cm³/mol. The van der Waals surface area contributed by atoms with Gasteiger partial charge < -0.3 is 9.52 Å². The fourth-order valence-corrected chi connectivity index (χ4v) is 1.01. The van der Waals surface area contributed by atoms with Gasteiger partial charge in [0, 0.05) is 23.1 Å². The second-order valence-electron chi connectivity index (χ2n) is 2.55. The van der Waals surface area contributed by atoms with Crippen molar-refractivity contribution in [2.45, 2.75) is 0 Å². The third-order valence-electron chi connectivity index (χ3n) is 1.53. The van der Waals surface area contributed by atoms with E-state index in [1.807, 2.05) is 18.2 Å². The summed E-state index contributed by atoms with van der Waals surface area (Å²) in [5.74, 6) is 0. The lowest BCUT2D eigenvalue weighted by atomic mass is 10.2. The highest BCUT2D eigenvalue weighted by Gasteiger charge is 1.92. The second-order valence-corrected chi connectivity index (χ2v) is 2.87. The van der Waals surface area contributed by atoms with Gasteiger partial charge in [-0.25, -0.2) is 9.59 Å². The molecule has 0 saturated carbocycles. The van der Waals surface area contributed by atoms with E-state index in [1.165, 1.54) is 6.07 Å². The molecule has 1 N–H and O–H groups in total. The lowest BCUT2D eigenvalue weighted by molar-refractivity contribution is 0.220. The summed E-state index contributed by atoms with van der Waals surface area (Å²) in [5.41, 5.74) is -1.02. The van der Waals surface area contributed by atoms with Crippen LogP contribution in [0.2, 0.25) is 0 Å². The van der Waals surface area contributed by atoms with Crippen LogP contribution in [0.1, 0.15) is 0 Å². The predicted octanol–water partition coefficient (Wildman–Crippen LogP) is 2.70.